The number of likely N-dealkylation sites (tertiary alicyclic amines) is 1. The fraction of sp³-hybridized carbons (Fsp3) is 0.333. The molecule has 0 aliphatic carbocycles. The van der Waals surface area contributed by atoms with Crippen LogP contribution >= 0.6 is 0 Å². The van der Waals surface area contributed by atoms with Gasteiger partial charge in [0.15, 0.2) is 5.65 Å². The number of amides is 2. The number of alkyl halides is 3. The molecule has 1 fully saturated rings. The standard InChI is InChI=1S/C27H27F3N8O3/c1-26(2,3)41-25(40)36-13-11-18(14-36)38-23-20(22(31)33-15-34-23)21(35-38)16-7-9-17(10-8-16)24(39)37(27(28,29)30)19-6-4-5-12-32-19/h4-10,12,15,18H,11,13-14H2,1-3H3,(H2,31,33,34). The normalized spacial score (nSPS) is 15.8. The van der Waals surface area contributed by atoms with E-state index in [1.54, 1.807) is 30.4 Å². The lowest BCUT2D eigenvalue weighted by Crippen LogP contribution is -2.43. The molecule has 1 saturated heterocycles. The summed E-state index contributed by atoms with van der Waals surface area (Å²) in [5.41, 5.74) is 6.70. The van der Waals surface area contributed by atoms with Crippen molar-refractivity contribution in [3.63, 3.8) is 0 Å². The Kier molecular flexibility index (Phi) is 7.01. The van der Waals surface area contributed by atoms with Gasteiger partial charge in [0, 0.05) is 30.4 Å². The molecule has 4 heterocycles. The molecule has 2 N–H and O–H groups in total. The number of carbonyl (C=O) groups is 2. The van der Waals surface area contributed by atoms with Gasteiger partial charge < -0.3 is 15.4 Å². The van der Waals surface area contributed by atoms with Gasteiger partial charge in [0.05, 0.1) is 11.4 Å². The predicted molar refractivity (Wildman–Crippen MR) is 144 cm³/mol. The van der Waals surface area contributed by atoms with E-state index in [-0.39, 0.29) is 22.3 Å². The molecule has 1 aromatic carbocycles. The second-order valence-electron chi connectivity index (χ2n) is 10.5. The summed E-state index contributed by atoms with van der Waals surface area (Å²) in [5, 5.41) is 5.19. The van der Waals surface area contributed by atoms with Gasteiger partial charge in [0.25, 0.3) is 5.91 Å². The van der Waals surface area contributed by atoms with E-state index in [4.69, 9.17) is 15.6 Å². The first-order valence-corrected chi connectivity index (χ1v) is 12.7. The number of benzene rings is 1. The molecule has 0 saturated carbocycles. The molecule has 1 unspecified atom stereocenters. The molecular weight excluding hydrogens is 541 g/mol. The van der Waals surface area contributed by atoms with Gasteiger partial charge in [-0.3, -0.25) is 4.79 Å². The molecule has 1 aliphatic heterocycles. The van der Waals surface area contributed by atoms with E-state index in [1.165, 1.54) is 48.9 Å². The maximum absolute atomic E-state index is 13.8. The highest BCUT2D eigenvalue weighted by Crippen LogP contribution is 2.35. The maximum atomic E-state index is 13.8. The van der Waals surface area contributed by atoms with Gasteiger partial charge in [0.1, 0.15) is 29.3 Å². The summed E-state index contributed by atoms with van der Waals surface area (Å²) in [7, 11) is 0. The van der Waals surface area contributed by atoms with Gasteiger partial charge in [-0.05, 0) is 51.5 Å². The summed E-state index contributed by atoms with van der Waals surface area (Å²) in [6.07, 6.45) is -2.34. The third-order valence-corrected chi connectivity index (χ3v) is 6.42. The van der Waals surface area contributed by atoms with Crippen molar-refractivity contribution in [3.8, 4) is 11.3 Å². The van der Waals surface area contributed by atoms with E-state index < -0.39 is 29.7 Å². The highest BCUT2D eigenvalue weighted by Gasteiger charge is 2.43. The first-order valence-electron chi connectivity index (χ1n) is 12.7. The number of hydrogen-bond acceptors (Lipinski definition) is 8. The van der Waals surface area contributed by atoms with Crippen LogP contribution in [-0.4, -0.2) is 66.6 Å². The molecule has 3 aromatic heterocycles. The van der Waals surface area contributed by atoms with Crippen LogP contribution in [0, 0.1) is 0 Å². The number of hydrogen-bond donors (Lipinski definition) is 1. The summed E-state index contributed by atoms with van der Waals surface area (Å²) in [6.45, 7) is 6.18. The van der Waals surface area contributed by atoms with Crippen molar-refractivity contribution in [3.05, 3.63) is 60.6 Å². The largest absolute Gasteiger partial charge is 0.493 e. The monoisotopic (exact) mass is 568 g/mol. The van der Waals surface area contributed by atoms with Crippen molar-refractivity contribution in [2.45, 2.75) is 45.1 Å². The topological polar surface area (TPSA) is 132 Å². The number of aromatic nitrogens is 5. The number of ether oxygens (including phenoxy) is 1. The lowest BCUT2D eigenvalue weighted by molar-refractivity contribution is -0.122. The number of nitrogens with zero attached hydrogens (tertiary/aromatic N) is 7. The van der Waals surface area contributed by atoms with Crippen molar-refractivity contribution in [1.82, 2.24) is 29.6 Å². The van der Waals surface area contributed by atoms with Crippen LogP contribution in [-0.2, 0) is 4.74 Å². The van der Waals surface area contributed by atoms with E-state index in [2.05, 4.69) is 15.0 Å². The summed E-state index contributed by atoms with van der Waals surface area (Å²) in [5.74, 6) is -1.66. The van der Waals surface area contributed by atoms with E-state index >= 15 is 0 Å². The number of halogens is 3. The summed E-state index contributed by atoms with van der Waals surface area (Å²) in [4.78, 5) is 38.9. The summed E-state index contributed by atoms with van der Waals surface area (Å²) in [6, 6.07) is 9.23. The second kappa shape index (κ2) is 10.3. The highest BCUT2D eigenvalue weighted by atomic mass is 19.4. The van der Waals surface area contributed by atoms with Gasteiger partial charge in [0.2, 0.25) is 0 Å². The number of anilines is 2. The van der Waals surface area contributed by atoms with Crippen molar-refractivity contribution in [1.29, 1.82) is 0 Å². The lowest BCUT2D eigenvalue weighted by Gasteiger charge is -2.24. The molecule has 214 valence electrons. The van der Waals surface area contributed by atoms with Crippen LogP contribution < -0.4 is 10.6 Å². The SMILES string of the molecule is CC(C)(C)OC(=O)N1CCC(n2nc(-c3ccc(C(=O)N(c4ccccn4)C(F)(F)F)cc3)c3c(N)ncnc32)C1. The molecule has 4 aromatic rings. The van der Waals surface area contributed by atoms with Crippen molar-refractivity contribution in [2.75, 3.05) is 23.7 Å². The quantitative estimate of drug-likeness (QED) is 0.347. The average molecular weight is 569 g/mol. The molecule has 0 radical (unpaired) electrons. The number of carbonyl (C=O) groups excluding carboxylic acids is 2. The van der Waals surface area contributed by atoms with Gasteiger partial charge in [-0.25, -0.2) is 29.3 Å². The Balaban J connectivity index is 1.46. The van der Waals surface area contributed by atoms with Gasteiger partial charge in [-0.15, -0.1) is 13.2 Å². The molecule has 0 bridgehead atoms. The minimum Gasteiger partial charge on any atom is -0.444 e. The lowest BCUT2D eigenvalue weighted by atomic mass is 10.1. The van der Waals surface area contributed by atoms with Crippen molar-refractivity contribution < 1.29 is 27.5 Å². The van der Waals surface area contributed by atoms with E-state index in [9.17, 15) is 22.8 Å². The zero-order chi connectivity index (χ0) is 29.5. The van der Waals surface area contributed by atoms with Crippen LogP contribution in [0.2, 0.25) is 0 Å². The second-order valence-corrected chi connectivity index (χ2v) is 10.5. The first-order chi connectivity index (χ1) is 19.3. The summed E-state index contributed by atoms with van der Waals surface area (Å²) < 4.78 is 48.6. The zero-order valence-electron chi connectivity index (χ0n) is 22.5. The highest BCUT2D eigenvalue weighted by molar-refractivity contribution is 6.06. The van der Waals surface area contributed by atoms with E-state index in [1.807, 2.05) is 0 Å². The Morgan fingerprint density at radius 3 is 2.41 bits per heavy atom. The third kappa shape index (κ3) is 5.62. The molecular formula is C27H27F3N8O3. The number of pyridine rings is 1. The van der Waals surface area contributed by atoms with Crippen LogP contribution in [0.4, 0.5) is 29.6 Å². The molecule has 0 spiro atoms. The third-order valence-electron chi connectivity index (χ3n) is 6.42. The smallest absolute Gasteiger partial charge is 0.444 e. The Bertz CT molecular complexity index is 1580. The summed E-state index contributed by atoms with van der Waals surface area (Å²) >= 11 is 0. The van der Waals surface area contributed by atoms with Crippen molar-refractivity contribution in [2.24, 2.45) is 0 Å². The minimum atomic E-state index is -4.99. The van der Waals surface area contributed by atoms with Crippen LogP contribution in [0.1, 0.15) is 43.6 Å². The number of rotatable bonds is 4. The van der Waals surface area contributed by atoms with E-state index in [0.717, 1.165) is 6.07 Å². The molecule has 41 heavy (non-hydrogen) atoms. The van der Waals surface area contributed by atoms with Gasteiger partial charge in [-0.1, -0.05) is 18.2 Å². The van der Waals surface area contributed by atoms with Crippen molar-refractivity contribution >= 4 is 34.7 Å². The number of nitrogens with two attached hydrogens (primary N) is 1. The molecule has 2 amide bonds. The average Bonchev–Trinajstić information content (AvgIpc) is 3.54. The van der Waals surface area contributed by atoms with Crippen LogP contribution in [0.5, 0.6) is 0 Å². The van der Waals surface area contributed by atoms with Crippen LogP contribution in [0.25, 0.3) is 22.3 Å². The Labute approximate surface area is 232 Å². The predicted octanol–water partition coefficient (Wildman–Crippen LogP) is 4.82. The van der Waals surface area contributed by atoms with Gasteiger partial charge in [-0.2, -0.15) is 5.10 Å². The fourth-order valence-corrected chi connectivity index (χ4v) is 4.62. The minimum absolute atomic E-state index is 0.164. The Morgan fingerprint density at radius 1 is 1.05 bits per heavy atom. The molecule has 5 rings (SSSR count). The number of nitrogen functional groups attached to an aromatic ring is 1. The molecule has 11 nitrogen and oxygen atoms in total. The molecule has 1 atom stereocenters. The van der Waals surface area contributed by atoms with Gasteiger partial charge >= 0.3 is 12.4 Å². The van der Waals surface area contributed by atoms with Crippen LogP contribution in [0.15, 0.2) is 55.0 Å². The van der Waals surface area contributed by atoms with E-state index in [0.29, 0.717) is 41.8 Å². The zero-order valence-corrected chi connectivity index (χ0v) is 22.5. The molecule has 14 heteroatoms. The van der Waals surface area contributed by atoms with Crippen LogP contribution in [0.3, 0.4) is 0 Å². The first kappa shape index (κ1) is 27.8. The Hall–Kier alpha value is -4.75. The number of fused-ring (bicyclic) bond motifs is 1. The Morgan fingerprint density at radius 2 is 1.78 bits per heavy atom. The fourth-order valence-electron chi connectivity index (χ4n) is 4.62. The maximum Gasteiger partial charge on any atom is 0.493 e. The molecule has 1 aliphatic rings.